The molecule has 0 aliphatic heterocycles. The predicted molar refractivity (Wildman–Crippen MR) is 77.7 cm³/mol. The van der Waals surface area contributed by atoms with Gasteiger partial charge in [-0.2, -0.15) is 4.80 Å². The number of anilines is 1. The quantitative estimate of drug-likeness (QED) is 0.573. The number of carbonyl (C=O) groups is 2. The molecular formula is C13H16N6O3. The molecule has 1 heterocycles. The van der Waals surface area contributed by atoms with Gasteiger partial charge in [-0.3, -0.25) is 9.59 Å². The number of nitrogens with zero attached hydrogens (tertiary/aromatic N) is 4. The molecule has 2 amide bonds. The molecule has 116 valence electrons. The van der Waals surface area contributed by atoms with Crippen molar-refractivity contribution in [2.24, 2.45) is 7.05 Å². The number of methoxy groups -OCH3 is 1. The smallest absolute Gasteiger partial charge is 0.313 e. The summed E-state index contributed by atoms with van der Waals surface area (Å²) in [6.07, 6.45) is 0. The number of nitrogens with one attached hydrogen (secondary N) is 2. The topological polar surface area (TPSA) is 111 Å². The fraction of sp³-hybridized carbons (Fsp3) is 0.308. The number of benzene rings is 1. The van der Waals surface area contributed by atoms with Crippen molar-refractivity contribution in [1.82, 2.24) is 25.5 Å². The molecule has 1 aromatic carbocycles. The minimum atomic E-state index is -0.735. The highest BCUT2D eigenvalue weighted by Crippen LogP contribution is 2.16. The van der Waals surface area contributed by atoms with Crippen LogP contribution in [0.1, 0.15) is 0 Å². The van der Waals surface area contributed by atoms with Gasteiger partial charge in [-0.1, -0.05) is 0 Å². The average Bonchev–Trinajstić information content (AvgIpc) is 2.94. The molecule has 0 radical (unpaired) electrons. The summed E-state index contributed by atoms with van der Waals surface area (Å²) in [4.78, 5) is 24.5. The van der Waals surface area contributed by atoms with Gasteiger partial charge in [0.05, 0.1) is 13.7 Å². The van der Waals surface area contributed by atoms with Crippen molar-refractivity contribution >= 4 is 17.5 Å². The zero-order valence-corrected chi connectivity index (χ0v) is 12.2. The lowest BCUT2D eigenvalue weighted by Gasteiger charge is -2.06. The lowest BCUT2D eigenvalue weighted by atomic mass is 10.2. The highest BCUT2D eigenvalue weighted by molar-refractivity contribution is 6.39. The van der Waals surface area contributed by atoms with E-state index >= 15 is 0 Å². The van der Waals surface area contributed by atoms with Gasteiger partial charge < -0.3 is 15.4 Å². The molecule has 0 spiro atoms. The van der Waals surface area contributed by atoms with Crippen molar-refractivity contribution in [1.29, 1.82) is 0 Å². The van der Waals surface area contributed by atoms with Crippen LogP contribution in [-0.4, -0.2) is 52.3 Å². The molecule has 0 saturated carbocycles. The van der Waals surface area contributed by atoms with Gasteiger partial charge >= 0.3 is 11.8 Å². The number of tetrazole rings is 1. The third kappa shape index (κ3) is 4.09. The first-order valence-electron chi connectivity index (χ1n) is 6.52. The fourth-order valence-corrected chi connectivity index (χ4v) is 1.64. The van der Waals surface area contributed by atoms with Gasteiger partial charge in [-0.25, -0.2) is 0 Å². The molecule has 0 unspecified atom stereocenters. The zero-order chi connectivity index (χ0) is 15.9. The van der Waals surface area contributed by atoms with Gasteiger partial charge in [0.15, 0.2) is 0 Å². The van der Waals surface area contributed by atoms with Gasteiger partial charge in [-0.05, 0) is 29.5 Å². The first kappa shape index (κ1) is 15.6. The second-order valence-electron chi connectivity index (χ2n) is 4.38. The number of rotatable bonds is 5. The Hall–Kier alpha value is -2.81. The molecule has 9 nitrogen and oxygen atoms in total. The molecule has 22 heavy (non-hydrogen) atoms. The van der Waals surface area contributed by atoms with Crippen LogP contribution < -0.4 is 10.6 Å². The summed E-state index contributed by atoms with van der Waals surface area (Å²) >= 11 is 0. The molecule has 0 aliphatic carbocycles. The number of carbonyl (C=O) groups excluding carboxylic acids is 2. The minimum Gasteiger partial charge on any atom is -0.383 e. The van der Waals surface area contributed by atoms with Crippen LogP contribution in [0, 0.1) is 0 Å². The number of aryl methyl sites for hydroxylation is 1. The average molecular weight is 304 g/mol. The van der Waals surface area contributed by atoms with E-state index in [0.717, 1.165) is 5.56 Å². The van der Waals surface area contributed by atoms with Crippen molar-refractivity contribution in [3.05, 3.63) is 24.3 Å². The van der Waals surface area contributed by atoms with E-state index in [1.807, 2.05) is 0 Å². The molecule has 0 atom stereocenters. The SMILES string of the molecule is COCCNC(=O)C(=O)Nc1ccc(-c2nnn(C)n2)cc1. The number of amides is 2. The lowest BCUT2D eigenvalue weighted by molar-refractivity contribution is -0.136. The van der Waals surface area contributed by atoms with E-state index in [0.29, 0.717) is 18.1 Å². The van der Waals surface area contributed by atoms with Gasteiger partial charge in [-0.15, -0.1) is 10.2 Å². The van der Waals surface area contributed by atoms with Gasteiger partial charge in [0, 0.05) is 24.9 Å². The lowest BCUT2D eigenvalue weighted by Crippen LogP contribution is -2.37. The summed E-state index contributed by atoms with van der Waals surface area (Å²) in [5.74, 6) is -0.962. The van der Waals surface area contributed by atoms with E-state index in [-0.39, 0.29) is 6.54 Å². The summed E-state index contributed by atoms with van der Waals surface area (Å²) in [5.41, 5.74) is 1.26. The fourth-order valence-electron chi connectivity index (χ4n) is 1.64. The molecule has 0 saturated heterocycles. The third-order valence-corrected chi connectivity index (χ3v) is 2.71. The maximum Gasteiger partial charge on any atom is 0.313 e. The minimum absolute atomic E-state index is 0.278. The van der Waals surface area contributed by atoms with Crippen molar-refractivity contribution in [3.63, 3.8) is 0 Å². The molecule has 0 bridgehead atoms. The second kappa shape index (κ2) is 7.27. The Morgan fingerprint density at radius 1 is 1.23 bits per heavy atom. The summed E-state index contributed by atoms with van der Waals surface area (Å²) in [7, 11) is 3.19. The van der Waals surface area contributed by atoms with E-state index in [1.165, 1.54) is 11.9 Å². The van der Waals surface area contributed by atoms with Crippen LogP contribution in [0.4, 0.5) is 5.69 Å². The van der Waals surface area contributed by atoms with Crippen LogP contribution in [0.25, 0.3) is 11.4 Å². The van der Waals surface area contributed by atoms with E-state index < -0.39 is 11.8 Å². The van der Waals surface area contributed by atoms with Crippen LogP contribution in [0.5, 0.6) is 0 Å². The standard InChI is InChI=1S/C13H16N6O3/c1-19-17-11(16-18-19)9-3-5-10(6-4-9)15-13(21)12(20)14-7-8-22-2/h3-6H,7-8H2,1-2H3,(H,14,20)(H,15,21). The van der Waals surface area contributed by atoms with E-state index in [4.69, 9.17) is 4.74 Å². The Balaban J connectivity index is 1.93. The van der Waals surface area contributed by atoms with Crippen LogP contribution in [0.15, 0.2) is 24.3 Å². The van der Waals surface area contributed by atoms with E-state index in [1.54, 1.807) is 31.3 Å². The molecule has 0 aliphatic rings. The number of aromatic nitrogens is 4. The molecular weight excluding hydrogens is 288 g/mol. The van der Waals surface area contributed by atoms with Gasteiger partial charge in [0.1, 0.15) is 0 Å². The Bertz CT molecular complexity index is 652. The Morgan fingerprint density at radius 3 is 2.55 bits per heavy atom. The number of hydrogen-bond acceptors (Lipinski definition) is 6. The van der Waals surface area contributed by atoms with Crippen LogP contribution in [0.2, 0.25) is 0 Å². The number of ether oxygens (including phenoxy) is 1. The molecule has 2 aromatic rings. The first-order chi connectivity index (χ1) is 10.6. The van der Waals surface area contributed by atoms with Crippen molar-refractivity contribution < 1.29 is 14.3 Å². The van der Waals surface area contributed by atoms with Crippen LogP contribution >= 0.6 is 0 Å². The zero-order valence-electron chi connectivity index (χ0n) is 12.2. The largest absolute Gasteiger partial charge is 0.383 e. The van der Waals surface area contributed by atoms with Crippen LogP contribution in [0.3, 0.4) is 0 Å². The number of hydrogen-bond donors (Lipinski definition) is 2. The normalized spacial score (nSPS) is 10.3. The summed E-state index contributed by atoms with van der Waals surface area (Å²) in [6.45, 7) is 0.624. The molecule has 9 heteroatoms. The van der Waals surface area contributed by atoms with Gasteiger partial charge in [0.2, 0.25) is 5.82 Å². The maximum absolute atomic E-state index is 11.7. The summed E-state index contributed by atoms with van der Waals surface area (Å²) in [6, 6.07) is 6.78. The van der Waals surface area contributed by atoms with Crippen LogP contribution in [-0.2, 0) is 21.4 Å². The Kier molecular flexibility index (Phi) is 5.15. The highest BCUT2D eigenvalue weighted by Gasteiger charge is 2.13. The van der Waals surface area contributed by atoms with Crippen molar-refractivity contribution in [3.8, 4) is 11.4 Å². The monoisotopic (exact) mass is 304 g/mol. The van der Waals surface area contributed by atoms with Gasteiger partial charge in [0.25, 0.3) is 0 Å². The summed E-state index contributed by atoms with van der Waals surface area (Å²) < 4.78 is 4.78. The van der Waals surface area contributed by atoms with E-state index in [2.05, 4.69) is 26.0 Å². The first-order valence-corrected chi connectivity index (χ1v) is 6.52. The molecule has 0 fully saturated rings. The predicted octanol–water partition coefficient (Wildman–Crippen LogP) is -0.422. The Labute approximate surface area is 126 Å². The Morgan fingerprint density at radius 2 is 1.95 bits per heavy atom. The molecule has 1 aromatic heterocycles. The third-order valence-electron chi connectivity index (χ3n) is 2.71. The molecule has 2 N–H and O–H groups in total. The molecule has 2 rings (SSSR count). The van der Waals surface area contributed by atoms with Crippen molar-refractivity contribution in [2.45, 2.75) is 0 Å². The second-order valence-corrected chi connectivity index (χ2v) is 4.38. The van der Waals surface area contributed by atoms with Crippen molar-refractivity contribution in [2.75, 3.05) is 25.6 Å². The maximum atomic E-state index is 11.7. The van der Waals surface area contributed by atoms with E-state index in [9.17, 15) is 9.59 Å². The summed E-state index contributed by atoms with van der Waals surface area (Å²) in [5, 5.41) is 16.6. The highest BCUT2D eigenvalue weighted by atomic mass is 16.5.